The van der Waals surface area contributed by atoms with E-state index in [4.69, 9.17) is 22.7 Å². The lowest BCUT2D eigenvalue weighted by Crippen LogP contribution is -2.12. The first kappa shape index (κ1) is 11.8. The molecule has 0 unspecified atom stereocenters. The van der Waals surface area contributed by atoms with Gasteiger partial charge < -0.3 is 10.5 Å². The molecule has 2 rings (SSSR count). The maximum absolute atomic E-state index is 5.79. The van der Waals surface area contributed by atoms with E-state index in [9.17, 15) is 0 Å². The van der Waals surface area contributed by atoms with Gasteiger partial charge in [0.25, 0.3) is 0 Å². The number of thiocarbonyl (C=S) groups is 1. The average Bonchev–Trinajstić information content (AvgIpc) is 2.27. The summed E-state index contributed by atoms with van der Waals surface area (Å²) in [5, 5.41) is 0.974. The number of hydrogen-bond donors (Lipinski definition) is 1. The summed E-state index contributed by atoms with van der Waals surface area (Å²) in [5.74, 6) is 0.693. The van der Waals surface area contributed by atoms with Crippen LogP contribution >= 0.6 is 12.2 Å². The zero-order valence-electron chi connectivity index (χ0n) is 10.1. The molecule has 0 fully saturated rings. The maximum atomic E-state index is 5.79. The van der Waals surface area contributed by atoms with E-state index < -0.39 is 0 Å². The van der Waals surface area contributed by atoms with E-state index in [2.05, 4.69) is 4.98 Å². The molecule has 0 amide bonds. The van der Waals surface area contributed by atoms with Crippen LogP contribution in [0.4, 0.5) is 0 Å². The van der Waals surface area contributed by atoms with Crippen molar-refractivity contribution in [1.82, 2.24) is 4.98 Å². The molecular weight excluding hydrogens is 232 g/mol. The Hall–Kier alpha value is -1.68. The predicted octanol–water partition coefficient (Wildman–Crippen LogP) is 2.49. The van der Waals surface area contributed by atoms with Crippen LogP contribution < -0.4 is 10.5 Å². The zero-order valence-corrected chi connectivity index (χ0v) is 10.9. The summed E-state index contributed by atoms with van der Waals surface area (Å²) in [6.45, 7) is 4.00. The second-order valence-electron chi connectivity index (χ2n) is 3.98. The van der Waals surface area contributed by atoms with Crippen LogP contribution in [0.1, 0.15) is 16.8 Å². The topological polar surface area (TPSA) is 48.1 Å². The van der Waals surface area contributed by atoms with Gasteiger partial charge in [-0.05, 0) is 37.6 Å². The van der Waals surface area contributed by atoms with Crippen molar-refractivity contribution < 1.29 is 4.74 Å². The van der Waals surface area contributed by atoms with Gasteiger partial charge in [-0.15, -0.1) is 0 Å². The number of methoxy groups -OCH3 is 1. The Kier molecular flexibility index (Phi) is 2.98. The molecule has 0 aliphatic heterocycles. The Balaban J connectivity index is 2.94. The van der Waals surface area contributed by atoms with Gasteiger partial charge in [0.15, 0.2) is 0 Å². The van der Waals surface area contributed by atoms with E-state index in [1.54, 1.807) is 7.11 Å². The van der Waals surface area contributed by atoms with Crippen LogP contribution in [0.15, 0.2) is 18.2 Å². The number of aryl methyl sites for hydroxylation is 2. The largest absolute Gasteiger partial charge is 0.496 e. The molecule has 0 saturated carbocycles. The number of ether oxygens (including phenoxy) is 1. The van der Waals surface area contributed by atoms with Gasteiger partial charge in [0.2, 0.25) is 0 Å². The highest BCUT2D eigenvalue weighted by Gasteiger charge is 2.13. The first-order valence-corrected chi connectivity index (χ1v) is 5.70. The summed E-state index contributed by atoms with van der Waals surface area (Å²) in [7, 11) is 1.61. The van der Waals surface area contributed by atoms with Crippen molar-refractivity contribution in [2.45, 2.75) is 13.8 Å². The summed E-state index contributed by atoms with van der Waals surface area (Å²) in [4.78, 5) is 4.82. The number of nitrogens with zero attached hydrogens (tertiary/aromatic N) is 1. The van der Waals surface area contributed by atoms with Gasteiger partial charge in [-0.1, -0.05) is 12.2 Å². The maximum Gasteiger partial charge on any atom is 0.129 e. The van der Waals surface area contributed by atoms with Crippen LogP contribution in [0.2, 0.25) is 0 Å². The zero-order chi connectivity index (χ0) is 12.6. The summed E-state index contributed by atoms with van der Waals surface area (Å²) in [6, 6.07) is 5.79. The average molecular weight is 246 g/mol. The molecule has 2 N–H and O–H groups in total. The van der Waals surface area contributed by atoms with Crippen molar-refractivity contribution in [1.29, 1.82) is 0 Å². The van der Waals surface area contributed by atoms with Gasteiger partial charge in [0.05, 0.1) is 18.2 Å². The third kappa shape index (κ3) is 1.96. The SMILES string of the molecule is COc1ccc2nc(C)cc(C)c2c1C(N)=S. The van der Waals surface area contributed by atoms with Crippen molar-refractivity contribution in [2.75, 3.05) is 7.11 Å². The molecule has 0 aliphatic rings. The Labute approximate surface area is 106 Å². The minimum Gasteiger partial charge on any atom is -0.496 e. The molecule has 0 radical (unpaired) electrons. The monoisotopic (exact) mass is 246 g/mol. The van der Waals surface area contributed by atoms with Gasteiger partial charge >= 0.3 is 0 Å². The van der Waals surface area contributed by atoms with Gasteiger partial charge in [-0.2, -0.15) is 0 Å². The summed E-state index contributed by atoms with van der Waals surface area (Å²) in [5.41, 5.74) is 9.54. The molecule has 1 aromatic heterocycles. The van der Waals surface area contributed by atoms with Gasteiger partial charge in [-0.25, -0.2) is 0 Å². The predicted molar refractivity (Wildman–Crippen MR) is 73.7 cm³/mol. The fourth-order valence-electron chi connectivity index (χ4n) is 2.09. The smallest absolute Gasteiger partial charge is 0.129 e. The van der Waals surface area contributed by atoms with Crippen molar-refractivity contribution in [3.63, 3.8) is 0 Å². The molecule has 0 atom stereocenters. The fraction of sp³-hybridized carbons (Fsp3) is 0.231. The van der Waals surface area contributed by atoms with Gasteiger partial charge in [0, 0.05) is 11.1 Å². The number of nitrogens with two attached hydrogens (primary N) is 1. The number of fused-ring (bicyclic) bond motifs is 1. The van der Waals surface area contributed by atoms with Crippen molar-refractivity contribution >= 4 is 28.1 Å². The summed E-state index contributed by atoms with van der Waals surface area (Å²) < 4.78 is 5.30. The second kappa shape index (κ2) is 4.30. The van der Waals surface area contributed by atoms with E-state index in [0.29, 0.717) is 10.7 Å². The number of aromatic nitrogens is 1. The van der Waals surface area contributed by atoms with Crippen LogP contribution in [0, 0.1) is 13.8 Å². The van der Waals surface area contributed by atoms with E-state index in [-0.39, 0.29) is 0 Å². The lowest BCUT2D eigenvalue weighted by molar-refractivity contribution is 0.414. The normalized spacial score (nSPS) is 10.5. The molecule has 1 heterocycles. The number of rotatable bonds is 2. The summed E-state index contributed by atoms with van der Waals surface area (Å²) in [6.07, 6.45) is 0. The molecule has 0 aliphatic carbocycles. The van der Waals surface area contributed by atoms with Gasteiger partial charge in [-0.3, -0.25) is 4.98 Å². The number of benzene rings is 1. The van der Waals surface area contributed by atoms with E-state index in [0.717, 1.165) is 27.7 Å². The molecule has 0 spiro atoms. The number of pyridine rings is 1. The Morgan fingerprint density at radius 3 is 2.65 bits per heavy atom. The minimum atomic E-state index is 0.334. The highest BCUT2D eigenvalue weighted by Crippen LogP contribution is 2.29. The van der Waals surface area contributed by atoms with Crippen LogP contribution in [0.25, 0.3) is 10.9 Å². The molecule has 3 nitrogen and oxygen atoms in total. The first-order chi connectivity index (χ1) is 8.04. The Morgan fingerprint density at radius 2 is 2.06 bits per heavy atom. The van der Waals surface area contributed by atoms with Crippen molar-refractivity contribution in [3.8, 4) is 5.75 Å². The van der Waals surface area contributed by atoms with Crippen LogP contribution in [-0.4, -0.2) is 17.1 Å². The third-order valence-electron chi connectivity index (χ3n) is 2.73. The molecular formula is C13H14N2OS. The third-order valence-corrected chi connectivity index (χ3v) is 2.93. The van der Waals surface area contributed by atoms with Crippen LogP contribution in [0.5, 0.6) is 5.75 Å². The Morgan fingerprint density at radius 1 is 1.35 bits per heavy atom. The first-order valence-electron chi connectivity index (χ1n) is 5.29. The molecule has 4 heteroatoms. The number of hydrogen-bond acceptors (Lipinski definition) is 3. The second-order valence-corrected chi connectivity index (χ2v) is 4.42. The highest BCUT2D eigenvalue weighted by molar-refractivity contribution is 7.80. The van der Waals surface area contributed by atoms with Crippen LogP contribution in [0.3, 0.4) is 0 Å². The van der Waals surface area contributed by atoms with Crippen molar-refractivity contribution in [3.05, 3.63) is 35.0 Å². The molecule has 88 valence electrons. The molecule has 0 saturated heterocycles. The summed E-state index contributed by atoms with van der Waals surface area (Å²) >= 11 is 5.11. The van der Waals surface area contributed by atoms with Crippen LogP contribution in [-0.2, 0) is 0 Å². The lowest BCUT2D eigenvalue weighted by Gasteiger charge is -2.12. The van der Waals surface area contributed by atoms with E-state index in [1.165, 1.54) is 0 Å². The standard InChI is InChI=1S/C13H14N2OS/c1-7-6-8(2)15-9-4-5-10(16-3)12(11(7)9)13(14)17/h4-6H,1-3H3,(H2,14,17). The fourth-order valence-corrected chi connectivity index (χ4v) is 2.29. The van der Waals surface area contributed by atoms with E-state index in [1.807, 2.05) is 32.0 Å². The molecule has 1 aromatic carbocycles. The van der Waals surface area contributed by atoms with E-state index >= 15 is 0 Å². The molecule has 0 bridgehead atoms. The highest BCUT2D eigenvalue weighted by atomic mass is 32.1. The Bertz CT molecular complexity index is 608. The van der Waals surface area contributed by atoms with Crippen molar-refractivity contribution in [2.24, 2.45) is 5.73 Å². The minimum absolute atomic E-state index is 0.334. The quantitative estimate of drug-likeness (QED) is 0.827. The van der Waals surface area contributed by atoms with Gasteiger partial charge in [0.1, 0.15) is 10.7 Å². The molecule has 17 heavy (non-hydrogen) atoms. The molecule has 2 aromatic rings. The lowest BCUT2D eigenvalue weighted by atomic mass is 10.0.